The van der Waals surface area contributed by atoms with E-state index >= 15 is 0 Å². The number of amides is 1. The number of rotatable bonds is 7. The monoisotopic (exact) mass is 478 g/mol. The number of sulfonamides is 1. The van der Waals surface area contributed by atoms with E-state index in [-0.39, 0.29) is 15.8 Å². The van der Waals surface area contributed by atoms with Gasteiger partial charge in [-0.05, 0) is 43.7 Å². The molecule has 1 heterocycles. The van der Waals surface area contributed by atoms with Gasteiger partial charge in [-0.25, -0.2) is 17.7 Å². The van der Waals surface area contributed by atoms with Crippen LogP contribution in [-0.2, 0) is 14.8 Å². The van der Waals surface area contributed by atoms with E-state index < -0.39 is 15.3 Å². The lowest BCUT2D eigenvalue weighted by Gasteiger charge is -2.16. The predicted molar refractivity (Wildman–Crippen MR) is 125 cm³/mol. The number of hydrogen-bond acceptors (Lipinski definition) is 5. The number of benzene rings is 2. The summed E-state index contributed by atoms with van der Waals surface area (Å²) in [6.45, 7) is 3.78. The summed E-state index contributed by atoms with van der Waals surface area (Å²) in [5.41, 5.74) is 2.44. The number of aryl methyl sites for hydroxylation is 1. The van der Waals surface area contributed by atoms with Crippen molar-refractivity contribution < 1.29 is 13.2 Å². The molecule has 0 aliphatic carbocycles. The number of hydrogen-bond donors (Lipinski definition) is 1. The lowest BCUT2D eigenvalue weighted by atomic mass is 10.2. The smallest absolute Gasteiger partial charge is 0.244 e. The number of carbonyl (C=O) groups excluding carboxylic acids is 1. The third kappa shape index (κ3) is 5.12. The fraction of sp³-hybridized carbons (Fsp3) is 0.238. The summed E-state index contributed by atoms with van der Waals surface area (Å²) in [4.78, 5) is 17.1. The third-order valence-electron chi connectivity index (χ3n) is 4.59. The zero-order chi connectivity index (χ0) is 22.8. The van der Waals surface area contributed by atoms with Crippen LogP contribution < -0.4 is 5.32 Å². The van der Waals surface area contributed by atoms with Crippen molar-refractivity contribution in [3.05, 3.63) is 65.4 Å². The van der Waals surface area contributed by atoms with Gasteiger partial charge in [0.1, 0.15) is 4.90 Å². The molecule has 0 spiro atoms. The average molecular weight is 479 g/mol. The van der Waals surface area contributed by atoms with Crippen molar-refractivity contribution in [1.82, 2.24) is 13.9 Å². The summed E-state index contributed by atoms with van der Waals surface area (Å²) in [7, 11) is -0.890. The van der Waals surface area contributed by atoms with Crippen molar-refractivity contribution in [1.29, 1.82) is 0 Å². The SMILES string of the molecule is Cc1ccccc1-n1ccnc1SC(C)C(=O)Nc1ccc(Cl)c(S(=O)(=O)N(C)C)c1. The van der Waals surface area contributed by atoms with Crippen molar-refractivity contribution in [2.24, 2.45) is 0 Å². The molecule has 0 saturated carbocycles. The van der Waals surface area contributed by atoms with Gasteiger partial charge in [0.15, 0.2) is 5.16 Å². The molecule has 0 bridgehead atoms. The van der Waals surface area contributed by atoms with Crippen LogP contribution in [0.5, 0.6) is 0 Å². The van der Waals surface area contributed by atoms with Gasteiger partial charge in [0, 0.05) is 32.2 Å². The van der Waals surface area contributed by atoms with Gasteiger partial charge in [-0.2, -0.15) is 0 Å². The number of halogens is 1. The Morgan fingerprint density at radius 3 is 2.61 bits per heavy atom. The highest BCUT2D eigenvalue weighted by atomic mass is 35.5. The first-order valence-corrected chi connectivity index (χ1v) is 12.1. The summed E-state index contributed by atoms with van der Waals surface area (Å²) < 4.78 is 27.9. The normalized spacial score (nSPS) is 12.7. The van der Waals surface area contributed by atoms with E-state index in [9.17, 15) is 13.2 Å². The molecule has 1 N–H and O–H groups in total. The Balaban J connectivity index is 1.78. The zero-order valence-corrected chi connectivity index (χ0v) is 19.9. The number of imidazole rings is 1. The van der Waals surface area contributed by atoms with E-state index in [1.807, 2.05) is 42.0 Å². The maximum atomic E-state index is 12.8. The average Bonchev–Trinajstić information content (AvgIpc) is 3.17. The molecular weight excluding hydrogens is 456 g/mol. The second kappa shape index (κ2) is 9.44. The number of aromatic nitrogens is 2. The summed E-state index contributed by atoms with van der Waals surface area (Å²) in [5, 5.41) is 3.06. The van der Waals surface area contributed by atoms with Crippen molar-refractivity contribution in [3.63, 3.8) is 0 Å². The number of anilines is 1. The minimum absolute atomic E-state index is 0.0626. The Morgan fingerprint density at radius 1 is 1.23 bits per heavy atom. The minimum atomic E-state index is -3.74. The van der Waals surface area contributed by atoms with E-state index in [4.69, 9.17) is 11.6 Å². The molecule has 0 aliphatic rings. The van der Waals surface area contributed by atoms with E-state index in [0.717, 1.165) is 15.6 Å². The fourth-order valence-corrected chi connectivity index (χ4v) is 5.10. The molecule has 1 aromatic heterocycles. The largest absolute Gasteiger partial charge is 0.325 e. The van der Waals surface area contributed by atoms with Crippen LogP contribution in [0.1, 0.15) is 12.5 Å². The Hall–Kier alpha value is -2.33. The Bertz CT molecular complexity index is 1210. The molecule has 7 nitrogen and oxygen atoms in total. The fourth-order valence-electron chi connectivity index (χ4n) is 2.83. The first kappa shape index (κ1) is 23.3. The molecule has 10 heteroatoms. The highest BCUT2D eigenvalue weighted by molar-refractivity contribution is 8.00. The first-order valence-electron chi connectivity index (χ1n) is 9.40. The molecule has 2 aromatic carbocycles. The molecule has 164 valence electrons. The molecule has 1 atom stereocenters. The number of para-hydroxylation sites is 1. The van der Waals surface area contributed by atoms with Gasteiger partial charge >= 0.3 is 0 Å². The van der Waals surface area contributed by atoms with Crippen LogP contribution in [0, 0.1) is 6.92 Å². The lowest BCUT2D eigenvalue weighted by Crippen LogP contribution is -2.24. The Morgan fingerprint density at radius 2 is 1.94 bits per heavy atom. The topological polar surface area (TPSA) is 84.3 Å². The van der Waals surface area contributed by atoms with Crippen molar-refractivity contribution in [2.45, 2.75) is 29.1 Å². The molecule has 0 fully saturated rings. The number of nitrogens with zero attached hydrogens (tertiary/aromatic N) is 3. The number of carbonyl (C=O) groups is 1. The van der Waals surface area contributed by atoms with Crippen LogP contribution in [-0.4, -0.2) is 47.5 Å². The van der Waals surface area contributed by atoms with Crippen LogP contribution in [0.4, 0.5) is 5.69 Å². The van der Waals surface area contributed by atoms with E-state index in [1.54, 1.807) is 19.2 Å². The first-order chi connectivity index (χ1) is 14.6. The molecule has 0 saturated heterocycles. The number of thioether (sulfide) groups is 1. The molecule has 31 heavy (non-hydrogen) atoms. The summed E-state index contributed by atoms with van der Waals surface area (Å²) in [5.74, 6) is -0.278. The van der Waals surface area contributed by atoms with Gasteiger partial charge in [-0.15, -0.1) is 0 Å². The Labute approximate surface area is 191 Å². The van der Waals surface area contributed by atoms with E-state index in [0.29, 0.717) is 10.8 Å². The second-order valence-corrected chi connectivity index (χ2v) is 10.9. The van der Waals surface area contributed by atoms with Crippen molar-refractivity contribution in [2.75, 3.05) is 19.4 Å². The van der Waals surface area contributed by atoms with Crippen molar-refractivity contribution in [3.8, 4) is 5.69 Å². The molecule has 0 aliphatic heterocycles. The second-order valence-electron chi connectivity index (χ2n) is 7.05. The van der Waals surface area contributed by atoms with Gasteiger partial charge in [-0.3, -0.25) is 9.36 Å². The van der Waals surface area contributed by atoms with Crippen LogP contribution in [0.3, 0.4) is 0 Å². The van der Waals surface area contributed by atoms with Gasteiger partial charge in [0.05, 0.1) is 16.0 Å². The maximum Gasteiger partial charge on any atom is 0.244 e. The molecule has 1 unspecified atom stereocenters. The summed E-state index contributed by atoms with van der Waals surface area (Å²) in [6, 6.07) is 12.3. The van der Waals surface area contributed by atoms with Gasteiger partial charge in [-0.1, -0.05) is 41.6 Å². The van der Waals surface area contributed by atoms with Crippen LogP contribution >= 0.6 is 23.4 Å². The standard InChI is InChI=1S/C21H23ClN4O3S2/c1-14-7-5-6-8-18(14)26-12-11-23-21(26)30-15(2)20(27)24-16-9-10-17(22)19(13-16)31(28,29)25(3)4/h5-13,15H,1-4H3,(H,24,27). The van der Waals surface area contributed by atoms with Crippen LogP contribution in [0.15, 0.2) is 64.9 Å². The number of nitrogens with one attached hydrogen (secondary N) is 1. The van der Waals surface area contributed by atoms with Crippen LogP contribution in [0.25, 0.3) is 5.69 Å². The molecule has 3 rings (SSSR count). The van der Waals surface area contributed by atoms with Crippen molar-refractivity contribution >= 4 is 45.0 Å². The predicted octanol–water partition coefficient (Wildman–Crippen LogP) is 4.20. The maximum absolute atomic E-state index is 12.8. The van der Waals surface area contributed by atoms with E-state index in [2.05, 4.69) is 10.3 Å². The van der Waals surface area contributed by atoms with E-state index in [1.165, 1.54) is 38.0 Å². The quantitative estimate of drug-likeness (QED) is 0.514. The molecule has 3 aromatic rings. The molecular formula is C21H23ClN4O3S2. The van der Waals surface area contributed by atoms with Gasteiger partial charge < -0.3 is 5.32 Å². The molecule has 1 amide bonds. The summed E-state index contributed by atoms with van der Waals surface area (Å²) in [6.07, 6.45) is 3.55. The third-order valence-corrected chi connectivity index (χ3v) is 7.97. The lowest BCUT2D eigenvalue weighted by molar-refractivity contribution is -0.115. The van der Waals surface area contributed by atoms with Gasteiger partial charge in [0.2, 0.25) is 15.9 Å². The highest BCUT2D eigenvalue weighted by Crippen LogP contribution is 2.29. The summed E-state index contributed by atoms with van der Waals surface area (Å²) >= 11 is 7.39. The van der Waals surface area contributed by atoms with Gasteiger partial charge in [0.25, 0.3) is 0 Å². The minimum Gasteiger partial charge on any atom is -0.325 e. The van der Waals surface area contributed by atoms with Crippen LogP contribution in [0.2, 0.25) is 5.02 Å². The zero-order valence-electron chi connectivity index (χ0n) is 17.5. The highest BCUT2D eigenvalue weighted by Gasteiger charge is 2.23. The Kier molecular flexibility index (Phi) is 7.10. The molecule has 0 radical (unpaired) electrons.